The van der Waals surface area contributed by atoms with Crippen LogP contribution in [0.1, 0.15) is 35.2 Å². The lowest BCUT2D eigenvalue weighted by atomic mass is 9.84. The molecule has 0 unspecified atom stereocenters. The number of piperidine rings is 2. The van der Waals surface area contributed by atoms with E-state index in [0.717, 1.165) is 38.0 Å². The molecular weight excluding hydrogens is 304 g/mol. The van der Waals surface area contributed by atoms with E-state index in [-0.39, 0.29) is 6.03 Å². The van der Waals surface area contributed by atoms with Crippen molar-refractivity contribution in [1.82, 2.24) is 15.1 Å². The standard InChI is InChI=1S/C18H26N4O2/c1-21-9-7-16-15(12-21)6-3-8-22(16)18(24)20-11-13-4-2-5-14(10-13)17(19)23/h2,4-5,10,15-16H,3,6-9,11-12H2,1H3,(H2,19,23)(H,20,24)/t15-,16+/m0/s1. The summed E-state index contributed by atoms with van der Waals surface area (Å²) in [5, 5.41) is 3.00. The summed E-state index contributed by atoms with van der Waals surface area (Å²) in [5.74, 6) is 0.134. The molecule has 0 spiro atoms. The van der Waals surface area contributed by atoms with Crippen LogP contribution >= 0.6 is 0 Å². The highest BCUT2D eigenvalue weighted by Gasteiger charge is 2.37. The molecule has 0 aromatic heterocycles. The van der Waals surface area contributed by atoms with E-state index in [9.17, 15) is 9.59 Å². The molecule has 2 saturated heterocycles. The summed E-state index contributed by atoms with van der Waals surface area (Å²) in [7, 11) is 2.15. The predicted octanol–water partition coefficient (Wildman–Crippen LogP) is 1.41. The van der Waals surface area contributed by atoms with Crippen molar-refractivity contribution in [1.29, 1.82) is 0 Å². The van der Waals surface area contributed by atoms with Gasteiger partial charge in [-0.3, -0.25) is 4.79 Å². The highest BCUT2D eigenvalue weighted by molar-refractivity contribution is 5.92. The van der Waals surface area contributed by atoms with Gasteiger partial charge < -0.3 is 20.9 Å². The van der Waals surface area contributed by atoms with Crippen LogP contribution in [-0.4, -0.2) is 54.5 Å². The molecule has 3 amide bonds. The average Bonchev–Trinajstić information content (AvgIpc) is 2.59. The monoisotopic (exact) mass is 330 g/mol. The number of carbonyl (C=O) groups is 2. The van der Waals surface area contributed by atoms with Crippen LogP contribution in [0, 0.1) is 5.92 Å². The fraction of sp³-hybridized carbons (Fsp3) is 0.556. The predicted molar refractivity (Wildman–Crippen MR) is 92.5 cm³/mol. The van der Waals surface area contributed by atoms with Crippen LogP contribution in [0.3, 0.4) is 0 Å². The number of rotatable bonds is 3. The Kier molecular flexibility index (Phi) is 5.04. The first-order valence-corrected chi connectivity index (χ1v) is 8.66. The maximum atomic E-state index is 12.6. The molecule has 0 radical (unpaired) electrons. The van der Waals surface area contributed by atoms with Crippen LogP contribution in [0.5, 0.6) is 0 Å². The molecule has 1 aromatic rings. The second kappa shape index (κ2) is 7.21. The molecule has 2 aliphatic rings. The minimum Gasteiger partial charge on any atom is -0.366 e. The van der Waals surface area contributed by atoms with E-state index in [1.165, 1.54) is 6.42 Å². The third kappa shape index (κ3) is 3.70. The third-order valence-electron chi connectivity index (χ3n) is 5.19. The molecule has 3 N–H and O–H groups in total. The molecule has 0 aliphatic carbocycles. The van der Waals surface area contributed by atoms with Gasteiger partial charge in [-0.1, -0.05) is 12.1 Å². The minimum atomic E-state index is -0.451. The van der Waals surface area contributed by atoms with Gasteiger partial charge in [-0.25, -0.2) is 4.79 Å². The number of likely N-dealkylation sites (tertiary alicyclic amines) is 2. The molecule has 3 rings (SSSR count). The van der Waals surface area contributed by atoms with Crippen molar-refractivity contribution in [3.8, 4) is 0 Å². The molecule has 6 heteroatoms. The van der Waals surface area contributed by atoms with E-state index in [0.29, 0.717) is 24.1 Å². The van der Waals surface area contributed by atoms with Gasteiger partial charge in [0, 0.05) is 31.2 Å². The fourth-order valence-corrected chi connectivity index (χ4v) is 3.95. The van der Waals surface area contributed by atoms with E-state index in [1.54, 1.807) is 18.2 Å². The van der Waals surface area contributed by atoms with E-state index in [2.05, 4.69) is 17.3 Å². The number of benzene rings is 1. The molecule has 0 bridgehead atoms. The first kappa shape index (κ1) is 16.8. The first-order chi connectivity index (χ1) is 11.5. The van der Waals surface area contributed by atoms with Crippen LogP contribution < -0.4 is 11.1 Å². The minimum absolute atomic E-state index is 0.00117. The van der Waals surface area contributed by atoms with Crippen molar-refractivity contribution in [2.24, 2.45) is 11.7 Å². The highest BCUT2D eigenvalue weighted by Crippen LogP contribution is 2.30. The number of urea groups is 1. The van der Waals surface area contributed by atoms with Crippen LogP contribution in [-0.2, 0) is 6.54 Å². The summed E-state index contributed by atoms with van der Waals surface area (Å²) in [6.07, 6.45) is 3.32. The molecule has 6 nitrogen and oxygen atoms in total. The highest BCUT2D eigenvalue weighted by atomic mass is 16.2. The second-order valence-electron chi connectivity index (χ2n) is 6.94. The lowest BCUT2D eigenvalue weighted by Gasteiger charge is -2.46. The van der Waals surface area contributed by atoms with Gasteiger partial charge in [0.05, 0.1) is 0 Å². The van der Waals surface area contributed by atoms with E-state index < -0.39 is 5.91 Å². The number of fused-ring (bicyclic) bond motifs is 1. The summed E-state index contributed by atoms with van der Waals surface area (Å²) < 4.78 is 0. The van der Waals surface area contributed by atoms with Crippen LogP contribution in [0.15, 0.2) is 24.3 Å². The van der Waals surface area contributed by atoms with Crippen LogP contribution in [0.4, 0.5) is 4.79 Å². The van der Waals surface area contributed by atoms with Crippen molar-refractivity contribution >= 4 is 11.9 Å². The Morgan fingerprint density at radius 1 is 1.29 bits per heavy atom. The van der Waals surface area contributed by atoms with E-state index in [1.807, 2.05) is 11.0 Å². The Balaban J connectivity index is 1.60. The summed E-state index contributed by atoms with van der Waals surface area (Å²) in [5.41, 5.74) is 6.65. The maximum absolute atomic E-state index is 12.6. The molecular formula is C18H26N4O2. The Hall–Kier alpha value is -2.08. The Morgan fingerprint density at radius 2 is 2.12 bits per heavy atom. The second-order valence-corrected chi connectivity index (χ2v) is 6.94. The molecule has 2 heterocycles. The smallest absolute Gasteiger partial charge is 0.317 e. The number of nitrogens with one attached hydrogen (secondary N) is 1. The topological polar surface area (TPSA) is 78.7 Å². The zero-order chi connectivity index (χ0) is 17.1. The van der Waals surface area contributed by atoms with Crippen LogP contribution in [0.25, 0.3) is 0 Å². The SMILES string of the molecule is CN1CC[C@@H]2[C@@H](CCCN2C(=O)NCc2cccc(C(N)=O)c2)C1. The van der Waals surface area contributed by atoms with Crippen molar-refractivity contribution in [3.63, 3.8) is 0 Å². The van der Waals surface area contributed by atoms with Crippen molar-refractivity contribution in [3.05, 3.63) is 35.4 Å². The van der Waals surface area contributed by atoms with E-state index >= 15 is 0 Å². The first-order valence-electron chi connectivity index (χ1n) is 8.66. The zero-order valence-electron chi connectivity index (χ0n) is 14.2. The molecule has 2 aliphatic heterocycles. The number of hydrogen-bond donors (Lipinski definition) is 2. The Bertz CT molecular complexity index is 619. The molecule has 2 fully saturated rings. The number of primary amides is 1. The zero-order valence-corrected chi connectivity index (χ0v) is 14.2. The van der Waals surface area contributed by atoms with Gasteiger partial charge in [-0.15, -0.1) is 0 Å². The van der Waals surface area contributed by atoms with Gasteiger partial charge in [0.1, 0.15) is 0 Å². The number of carbonyl (C=O) groups excluding carboxylic acids is 2. The molecule has 130 valence electrons. The summed E-state index contributed by atoms with van der Waals surface area (Å²) >= 11 is 0. The Labute approximate surface area is 143 Å². The quantitative estimate of drug-likeness (QED) is 0.879. The number of hydrogen-bond acceptors (Lipinski definition) is 3. The molecule has 1 aromatic carbocycles. The average molecular weight is 330 g/mol. The molecule has 2 atom stereocenters. The summed E-state index contributed by atoms with van der Waals surface area (Å²) in [6, 6.07) is 7.45. The van der Waals surface area contributed by atoms with Gasteiger partial charge in [0.15, 0.2) is 0 Å². The van der Waals surface area contributed by atoms with Gasteiger partial charge >= 0.3 is 6.03 Å². The molecule has 0 saturated carbocycles. The normalized spacial score (nSPS) is 24.3. The van der Waals surface area contributed by atoms with Gasteiger partial charge in [0.25, 0.3) is 0 Å². The summed E-state index contributed by atoms with van der Waals surface area (Å²) in [6.45, 7) is 3.37. The van der Waals surface area contributed by atoms with Crippen molar-refractivity contribution in [2.75, 3.05) is 26.7 Å². The van der Waals surface area contributed by atoms with E-state index in [4.69, 9.17) is 5.73 Å². The number of nitrogens with two attached hydrogens (primary N) is 1. The van der Waals surface area contributed by atoms with Crippen molar-refractivity contribution in [2.45, 2.75) is 31.8 Å². The maximum Gasteiger partial charge on any atom is 0.317 e. The van der Waals surface area contributed by atoms with Gasteiger partial charge in [-0.05, 0) is 56.5 Å². The molecule has 24 heavy (non-hydrogen) atoms. The number of amides is 3. The van der Waals surface area contributed by atoms with Crippen molar-refractivity contribution < 1.29 is 9.59 Å². The Morgan fingerprint density at radius 3 is 2.92 bits per heavy atom. The van der Waals surface area contributed by atoms with Gasteiger partial charge in [0.2, 0.25) is 5.91 Å². The van der Waals surface area contributed by atoms with Crippen LogP contribution in [0.2, 0.25) is 0 Å². The lowest BCUT2D eigenvalue weighted by molar-refractivity contribution is 0.0532. The third-order valence-corrected chi connectivity index (χ3v) is 5.19. The largest absolute Gasteiger partial charge is 0.366 e. The number of nitrogens with zero attached hydrogens (tertiary/aromatic N) is 2. The lowest BCUT2D eigenvalue weighted by Crippen LogP contribution is -2.57. The van der Waals surface area contributed by atoms with Gasteiger partial charge in [-0.2, -0.15) is 0 Å². The fourth-order valence-electron chi connectivity index (χ4n) is 3.95. The summed E-state index contributed by atoms with van der Waals surface area (Å²) in [4.78, 5) is 28.3.